The summed E-state index contributed by atoms with van der Waals surface area (Å²) in [5.41, 5.74) is 5.44. The zero-order chi connectivity index (χ0) is 13.8. The second kappa shape index (κ2) is 6.74. The molecule has 0 bridgehead atoms. The Labute approximate surface area is 121 Å². The van der Waals surface area contributed by atoms with E-state index in [0.29, 0.717) is 5.92 Å². The van der Waals surface area contributed by atoms with Gasteiger partial charge in [0.2, 0.25) is 0 Å². The first-order valence-corrected chi connectivity index (χ1v) is 7.75. The van der Waals surface area contributed by atoms with Crippen LogP contribution in [-0.4, -0.2) is 0 Å². The highest BCUT2D eigenvalue weighted by molar-refractivity contribution is 6.30. The number of hydrazine groups is 1. The predicted molar refractivity (Wildman–Crippen MR) is 82.0 cm³/mol. The second-order valence-corrected chi connectivity index (χ2v) is 6.33. The van der Waals surface area contributed by atoms with Gasteiger partial charge in [-0.05, 0) is 54.9 Å². The summed E-state index contributed by atoms with van der Waals surface area (Å²) < 4.78 is 0. The van der Waals surface area contributed by atoms with Crippen LogP contribution >= 0.6 is 11.6 Å². The largest absolute Gasteiger partial charge is 0.271 e. The lowest BCUT2D eigenvalue weighted by Gasteiger charge is -2.33. The molecule has 1 saturated carbocycles. The molecule has 0 aliphatic heterocycles. The zero-order valence-corrected chi connectivity index (χ0v) is 12.7. The third-order valence-electron chi connectivity index (χ3n) is 4.54. The Morgan fingerprint density at radius 3 is 2.47 bits per heavy atom. The van der Waals surface area contributed by atoms with Crippen molar-refractivity contribution < 1.29 is 0 Å². The molecule has 1 fully saturated rings. The number of hydrogen-bond acceptors (Lipinski definition) is 2. The van der Waals surface area contributed by atoms with E-state index in [9.17, 15) is 0 Å². The molecule has 1 unspecified atom stereocenters. The van der Waals surface area contributed by atoms with Gasteiger partial charge in [-0.1, -0.05) is 43.9 Å². The van der Waals surface area contributed by atoms with Crippen LogP contribution in [0.25, 0.3) is 0 Å². The number of aryl methyl sites for hydroxylation is 1. The Hall–Kier alpha value is -0.570. The Bertz CT molecular complexity index is 391. The molecule has 1 aliphatic carbocycles. The van der Waals surface area contributed by atoms with Gasteiger partial charge in [-0.3, -0.25) is 11.3 Å². The number of nitrogens with two attached hydrogens (primary N) is 1. The maximum absolute atomic E-state index is 6.17. The van der Waals surface area contributed by atoms with Crippen molar-refractivity contribution in [2.75, 3.05) is 0 Å². The lowest BCUT2D eigenvalue weighted by molar-refractivity contribution is 0.219. The molecule has 0 amide bonds. The fraction of sp³-hybridized carbons (Fsp3) is 0.625. The van der Waals surface area contributed by atoms with E-state index in [2.05, 4.69) is 25.3 Å². The number of rotatable bonds is 4. The fourth-order valence-electron chi connectivity index (χ4n) is 3.38. The van der Waals surface area contributed by atoms with Gasteiger partial charge in [-0.25, -0.2) is 0 Å². The summed E-state index contributed by atoms with van der Waals surface area (Å²) in [6.45, 7) is 4.38. The van der Waals surface area contributed by atoms with E-state index < -0.39 is 0 Å². The van der Waals surface area contributed by atoms with Crippen LogP contribution in [0, 0.1) is 18.8 Å². The van der Waals surface area contributed by atoms with Crippen molar-refractivity contribution in [1.82, 2.24) is 5.43 Å². The van der Waals surface area contributed by atoms with Gasteiger partial charge in [0.25, 0.3) is 0 Å². The smallest absolute Gasteiger partial charge is 0.0488 e. The molecular weight excluding hydrogens is 256 g/mol. The molecule has 0 saturated heterocycles. The van der Waals surface area contributed by atoms with Gasteiger partial charge >= 0.3 is 0 Å². The normalized spacial score (nSPS) is 25.3. The molecule has 1 aromatic rings. The summed E-state index contributed by atoms with van der Waals surface area (Å²) in [7, 11) is 0. The minimum absolute atomic E-state index is 0.232. The Morgan fingerprint density at radius 1 is 1.26 bits per heavy atom. The molecule has 0 radical (unpaired) electrons. The van der Waals surface area contributed by atoms with Crippen LogP contribution in [0.4, 0.5) is 0 Å². The number of hydrogen-bond donors (Lipinski definition) is 2. The molecule has 0 heterocycles. The van der Waals surface area contributed by atoms with E-state index >= 15 is 0 Å². The van der Waals surface area contributed by atoms with Crippen LogP contribution in [0.3, 0.4) is 0 Å². The van der Waals surface area contributed by atoms with Gasteiger partial charge < -0.3 is 0 Å². The van der Waals surface area contributed by atoms with Crippen molar-refractivity contribution >= 4 is 11.6 Å². The van der Waals surface area contributed by atoms with Gasteiger partial charge in [-0.2, -0.15) is 0 Å². The van der Waals surface area contributed by atoms with E-state index in [4.69, 9.17) is 17.4 Å². The van der Waals surface area contributed by atoms with Gasteiger partial charge in [0.1, 0.15) is 0 Å². The molecule has 0 aromatic heterocycles. The third kappa shape index (κ3) is 3.71. The maximum Gasteiger partial charge on any atom is 0.0488 e. The molecule has 1 aliphatic rings. The van der Waals surface area contributed by atoms with Crippen molar-refractivity contribution in [2.24, 2.45) is 17.7 Å². The van der Waals surface area contributed by atoms with E-state index in [0.717, 1.165) is 10.9 Å². The molecular formula is C16H25ClN2. The van der Waals surface area contributed by atoms with E-state index in [1.807, 2.05) is 12.1 Å². The molecule has 1 aromatic carbocycles. The minimum atomic E-state index is 0.232. The van der Waals surface area contributed by atoms with Crippen LogP contribution in [0.15, 0.2) is 18.2 Å². The predicted octanol–water partition coefficient (Wildman–Crippen LogP) is 4.37. The van der Waals surface area contributed by atoms with E-state index in [1.165, 1.54) is 43.2 Å². The monoisotopic (exact) mass is 280 g/mol. The molecule has 2 nitrogen and oxygen atoms in total. The van der Waals surface area contributed by atoms with Crippen molar-refractivity contribution in [3.8, 4) is 0 Å². The standard InChI is InChI=1S/C16H25ClN2/c1-3-12-4-6-13(7-5-12)16(19-18)14-8-11(2)9-15(17)10-14/h8-10,12-13,16,19H,3-7,18H2,1-2H3. The van der Waals surface area contributed by atoms with Crippen molar-refractivity contribution in [2.45, 2.75) is 52.0 Å². The van der Waals surface area contributed by atoms with E-state index in [1.54, 1.807) is 0 Å². The van der Waals surface area contributed by atoms with Crippen LogP contribution < -0.4 is 11.3 Å². The quantitative estimate of drug-likeness (QED) is 0.635. The average Bonchev–Trinajstić information content (AvgIpc) is 2.39. The summed E-state index contributed by atoms with van der Waals surface area (Å²) in [5, 5.41) is 0.803. The highest BCUT2D eigenvalue weighted by Crippen LogP contribution is 2.38. The van der Waals surface area contributed by atoms with E-state index in [-0.39, 0.29) is 6.04 Å². The summed E-state index contributed by atoms with van der Waals surface area (Å²) in [5.74, 6) is 7.35. The van der Waals surface area contributed by atoms with Crippen LogP contribution in [-0.2, 0) is 0 Å². The first-order chi connectivity index (χ1) is 9.13. The summed E-state index contributed by atoms with van der Waals surface area (Å²) in [4.78, 5) is 0. The second-order valence-electron chi connectivity index (χ2n) is 5.90. The molecule has 0 spiro atoms. The summed E-state index contributed by atoms with van der Waals surface area (Å²) in [6, 6.07) is 6.47. The lowest BCUT2D eigenvalue weighted by Crippen LogP contribution is -2.35. The first-order valence-electron chi connectivity index (χ1n) is 7.37. The van der Waals surface area contributed by atoms with Gasteiger partial charge in [0.05, 0.1) is 0 Å². The Kier molecular flexibility index (Phi) is 5.26. The average molecular weight is 281 g/mol. The molecule has 1 atom stereocenters. The van der Waals surface area contributed by atoms with Crippen molar-refractivity contribution in [1.29, 1.82) is 0 Å². The maximum atomic E-state index is 6.17. The third-order valence-corrected chi connectivity index (χ3v) is 4.76. The Balaban J connectivity index is 2.11. The van der Waals surface area contributed by atoms with Gasteiger partial charge in [0, 0.05) is 11.1 Å². The number of halogens is 1. The highest BCUT2D eigenvalue weighted by atomic mass is 35.5. The Morgan fingerprint density at radius 2 is 1.95 bits per heavy atom. The number of nitrogens with one attached hydrogen (secondary N) is 1. The molecule has 19 heavy (non-hydrogen) atoms. The van der Waals surface area contributed by atoms with Gasteiger partial charge in [-0.15, -0.1) is 0 Å². The minimum Gasteiger partial charge on any atom is -0.271 e. The topological polar surface area (TPSA) is 38.0 Å². The lowest BCUT2D eigenvalue weighted by atomic mass is 9.76. The van der Waals surface area contributed by atoms with Crippen LogP contribution in [0.5, 0.6) is 0 Å². The van der Waals surface area contributed by atoms with Crippen LogP contribution in [0.1, 0.15) is 56.2 Å². The van der Waals surface area contributed by atoms with Crippen molar-refractivity contribution in [3.63, 3.8) is 0 Å². The highest BCUT2D eigenvalue weighted by Gasteiger charge is 2.27. The number of benzene rings is 1. The molecule has 106 valence electrons. The summed E-state index contributed by atoms with van der Waals surface area (Å²) >= 11 is 6.17. The SMILES string of the molecule is CCC1CCC(C(NN)c2cc(C)cc(Cl)c2)CC1. The molecule has 3 heteroatoms. The van der Waals surface area contributed by atoms with Crippen molar-refractivity contribution in [3.05, 3.63) is 34.3 Å². The molecule has 3 N–H and O–H groups in total. The zero-order valence-electron chi connectivity index (χ0n) is 12.0. The van der Waals surface area contributed by atoms with Gasteiger partial charge in [0.15, 0.2) is 0 Å². The fourth-order valence-corrected chi connectivity index (χ4v) is 3.68. The first kappa shape index (κ1) is 14.8. The van der Waals surface area contributed by atoms with Crippen LogP contribution in [0.2, 0.25) is 5.02 Å². The summed E-state index contributed by atoms with van der Waals surface area (Å²) in [6.07, 6.45) is 6.50. The molecule has 2 rings (SSSR count).